The molecule has 1 aromatic carbocycles. The number of hydrogen-bond donors (Lipinski definition) is 2. The van der Waals surface area contributed by atoms with Gasteiger partial charge in [0.2, 0.25) is 11.8 Å². The third-order valence-electron chi connectivity index (χ3n) is 4.23. The Morgan fingerprint density at radius 1 is 1.19 bits per heavy atom. The van der Waals surface area contributed by atoms with Gasteiger partial charge in [-0.2, -0.15) is 13.2 Å². The molecule has 1 aliphatic heterocycles. The summed E-state index contributed by atoms with van der Waals surface area (Å²) in [6.45, 7) is 0.686. The molecule has 1 aliphatic rings. The van der Waals surface area contributed by atoms with Gasteiger partial charge in [0.1, 0.15) is 6.04 Å². The summed E-state index contributed by atoms with van der Waals surface area (Å²) in [5.74, 6) is -1.23. The van der Waals surface area contributed by atoms with Gasteiger partial charge in [0.05, 0.1) is 5.56 Å². The molecule has 0 radical (unpaired) electrons. The number of nitrogens with two attached hydrogens (primary N) is 1. The van der Waals surface area contributed by atoms with Gasteiger partial charge in [-0.25, -0.2) is 0 Å². The molecule has 3 N–H and O–H groups in total. The third-order valence-corrected chi connectivity index (χ3v) is 4.23. The van der Waals surface area contributed by atoms with Crippen LogP contribution in [-0.4, -0.2) is 41.8 Å². The summed E-state index contributed by atoms with van der Waals surface area (Å²) < 4.78 is 37.5. The number of alkyl halides is 3. The van der Waals surface area contributed by atoms with Crippen molar-refractivity contribution in [3.05, 3.63) is 35.4 Å². The highest BCUT2D eigenvalue weighted by atomic mass is 19.4. The monoisotopic (exact) mass is 371 g/mol. The molecule has 0 spiro atoms. The number of hydrogen-bond acceptors (Lipinski definition) is 3. The largest absolute Gasteiger partial charge is 0.416 e. The van der Waals surface area contributed by atoms with E-state index < -0.39 is 29.6 Å². The predicted molar refractivity (Wildman–Crippen MR) is 86.9 cm³/mol. The van der Waals surface area contributed by atoms with Crippen LogP contribution in [0.1, 0.15) is 41.6 Å². The summed E-state index contributed by atoms with van der Waals surface area (Å²) in [6, 6.07) is 3.32. The van der Waals surface area contributed by atoms with Gasteiger partial charge in [0.15, 0.2) is 0 Å². The zero-order chi connectivity index (χ0) is 19.3. The van der Waals surface area contributed by atoms with E-state index in [1.54, 1.807) is 0 Å². The van der Waals surface area contributed by atoms with E-state index >= 15 is 0 Å². The zero-order valence-electron chi connectivity index (χ0n) is 14.0. The minimum Gasteiger partial charge on any atom is -0.368 e. The maximum atomic E-state index is 12.5. The van der Waals surface area contributed by atoms with Crippen LogP contribution in [0.4, 0.5) is 13.2 Å². The van der Waals surface area contributed by atoms with E-state index in [0.717, 1.165) is 30.7 Å². The average Bonchev–Trinajstić information content (AvgIpc) is 3.08. The Morgan fingerprint density at radius 3 is 2.42 bits per heavy atom. The highest BCUT2D eigenvalue weighted by Crippen LogP contribution is 2.29. The standard InChI is InChI=1S/C17H20F3N3O3/c18-17(19,20)12-7-5-11(6-8-12)16(26)22-9-1-4-14(24)23-10-2-3-13(23)15(21)25/h5-8,13H,1-4,9-10H2,(H2,21,25)(H,22,26)/t13-/m0/s1. The molecule has 1 atom stereocenters. The molecular weight excluding hydrogens is 351 g/mol. The van der Waals surface area contributed by atoms with Crippen LogP contribution in [0.15, 0.2) is 24.3 Å². The lowest BCUT2D eigenvalue weighted by molar-refractivity contribution is -0.137. The summed E-state index contributed by atoms with van der Waals surface area (Å²) >= 11 is 0. The van der Waals surface area contributed by atoms with Crippen LogP contribution >= 0.6 is 0 Å². The van der Waals surface area contributed by atoms with Gasteiger partial charge in [-0.15, -0.1) is 0 Å². The SMILES string of the molecule is NC(=O)[C@@H]1CCCN1C(=O)CCCNC(=O)c1ccc(C(F)(F)F)cc1. The Hall–Kier alpha value is -2.58. The second-order valence-electron chi connectivity index (χ2n) is 6.08. The molecule has 0 aromatic heterocycles. The predicted octanol–water partition coefficient (Wildman–Crippen LogP) is 1.69. The van der Waals surface area contributed by atoms with Gasteiger partial charge < -0.3 is 16.0 Å². The van der Waals surface area contributed by atoms with Crippen molar-refractivity contribution in [1.29, 1.82) is 0 Å². The lowest BCUT2D eigenvalue weighted by atomic mass is 10.1. The molecule has 0 unspecified atom stereocenters. The molecular formula is C17H20F3N3O3. The molecule has 3 amide bonds. The van der Waals surface area contributed by atoms with Crippen molar-refractivity contribution in [2.75, 3.05) is 13.1 Å². The summed E-state index contributed by atoms with van der Waals surface area (Å²) in [4.78, 5) is 36.7. The Kier molecular flexibility index (Phi) is 6.23. The quantitative estimate of drug-likeness (QED) is 0.746. The van der Waals surface area contributed by atoms with Crippen LogP contribution in [0.5, 0.6) is 0 Å². The van der Waals surface area contributed by atoms with Crippen molar-refractivity contribution in [3.8, 4) is 0 Å². The fraction of sp³-hybridized carbons (Fsp3) is 0.471. The number of carbonyl (C=O) groups excluding carboxylic acids is 3. The number of carbonyl (C=O) groups is 3. The minimum absolute atomic E-state index is 0.109. The van der Waals surface area contributed by atoms with E-state index in [-0.39, 0.29) is 24.4 Å². The molecule has 0 saturated carbocycles. The van der Waals surface area contributed by atoms with Crippen LogP contribution < -0.4 is 11.1 Å². The van der Waals surface area contributed by atoms with E-state index in [1.165, 1.54) is 4.90 Å². The fourth-order valence-corrected chi connectivity index (χ4v) is 2.86. The molecule has 0 bridgehead atoms. The van der Waals surface area contributed by atoms with Crippen molar-refractivity contribution in [1.82, 2.24) is 10.2 Å². The molecule has 1 heterocycles. The number of halogens is 3. The number of primary amides is 1. The first kappa shape index (κ1) is 19.7. The van der Waals surface area contributed by atoms with Crippen molar-refractivity contribution in [2.45, 2.75) is 37.9 Å². The van der Waals surface area contributed by atoms with Gasteiger partial charge in [-0.3, -0.25) is 14.4 Å². The Labute approximate surface area is 148 Å². The number of nitrogens with one attached hydrogen (secondary N) is 1. The molecule has 1 saturated heterocycles. The topological polar surface area (TPSA) is 92.5 Å². The number of benzene rings is 1. The number of nitrogens with zero attached hydrogens (tertiary/aromatic N) is 1. The van der Waals surface area contributed by atoms with Crippen molar-refractivity contribution in [3.63, 3.8) is 0 Å². The third kappa shape index (κ3) is 4.96. The second kappa shape index (κ2) is 8.20. The van der Waals surface area contributed by atoms with Gasteiger partial charge in [0.25, 0.3) is 5.91 Å². The maximum Gasteiger partial charge on any atom is 0.416 e. The molecule has 2 rings (SSSR count). The summed E-state index contributed by atoms with van der Waals surface area (Å²) in [7, 11) is 0. The van der Waals surface area contributed by atoms with E-state index in [4.69, 9.17) is 5.73 Å². The van der Waals surface area contributed by atoms with Gasteiger partial charge >= 0.3 is 6.18 Å². The van der Waals surface area contributed by atoms with E-state index in [1.807, 2.05) is 0 Å². The lowest BCUT2D eigenvalue weighted by Crippen LogP contribution is -2.43. The fourth-order valence-electron chi connectivity index (χ4n) is 2.86. The first-order valence-electron chi connectivity index (χ1n) is 8.24. The molecule has 1 fully saturated rings. The Bertz CT molecular complexity index is 674. The highest BCUT2D eigenvalue weighted by molar-refractivity contribution is 5.94. The van der Waals surface area contributed by atoms with Crippen LogP contribution in [0.2, 0.25) is 0 Å². The van der Waals surface area contributed by atoms with Gasteiger partial charge in [-0.1, -0.05) is 0 Å². The van der Waals surface area contributed by atoms with Crippen LogP contribution in [-0.2, 0) is 15.8 Å². The number of rotatable bonds is 6. The normalized spacial score (nSPS) is 17.2. The summed E-state index contributed by atoms with van der Waals surface area (Å²) in [5, 5.41) is 2.55. The van der Waals surface area contributed by atoms with Gasteiger partial charge in [-0.05, 0) is 43.5 Å². The molecule has 142 valence electrons. The molecule has 9 heteroatoms. The second-order valence-corrected chi connectivity index (χ2v) is 6.08. The first-order chi connectivity index (χ1) is 12.2. The highest BCUT2D eigenvalue weighted by Gasteiger charge is 2.32. The Morgan fingerprint density at radius 2 is 1.85 bits per heavy atom. The molecule has 26 heavy (non-hydrogen) atoms. The zero-order valence-corrected chi connectivity index (χ0v) is 14.0. The molecule has 6 nitrogen and oxygen atoms in total. The maximum absolute atomic E-state index is 12.5. The van der Waals surface area contributed by atoms with Crippen molar-refractivity contribution >= 4 is 17.7 Å². The number of likely N-dealkylation sites (tertiary alicyclic amines) is 1. The lowest BCUT2D eigenvalue weighted by Gasteiger charge is -2.22. The molecule has 1 aromatic rings. The van der Waals surface area contributed by atoms with E-state index in [9.17, 15) is 27.6 Å². The van der Waals surface area contributed by atoms with Crippen molar-refractivity contribution < 1.29 is 27.6 Å². The minimum atomic E-state index is -4.45. The summed E-state index contributed by atoms with van der Waals surface area (Å²) in [6.07, 6.45) is -2.66. The van der Waals surface area contributed by atoms with Crippen LogP contribution in [0.3, 0.4) is 0 Å². The van der Waals surface area contributed by atoms with Crippen molar-refractivity contribution in [2.24, 2.45) is 5.73 Å². The Balaban J connectivity index is 1.76. The van der Waals surface area contributed by atoms with E-state index in [2.05, 4.69) is 5.32 Å². The van der Waals surface area contributed by atoms with Gasteiger partial charge in [0, 0.05) is 25.1 Å². The molecule has 0 aliphatic carbocycles. The average molecular weight is 371 g/mol. The first-order valence-corrected chi connectivity index (χ1v) is 8.24. The van der Waals surface area contributed by atoms with Crippen LogP contribution in [0.25, 0.3) is 0 Å². The summed E-state index contributed by atoms with van der Waals surface area (Å²) in [5.41, 5.74) is 4.55. The smallest absolute Gasteiger partial charge is 0.368 e. The number of amides is 3. The van der Waals surface area contributed by atoms with Crippen LogP contribution in [0, 0.1) is 0 Å². The van der Waals surface area contributed by atoms with E-state index in [0.29, 0.717) is 19.4 Å².